The summed E-state index contributed by atoms with van der Waals surface area (Å²) in [6.45, 7) is 1.13. The summed E-state index contributed by atoms with van der Waals surface area (Å²) in [5.74, 6) is -2.51. The van der Waals surface area contributed by atoms with E-state index in [0.29, 0.717) is 12.2 Å². The van der Waals surface area contributed by atoms with Crippen molar-refractivity contribution in [3.63, 3.8) is 0 Å². The van der Waals surface area contributed by atoms with Gasteiger partial charge in [-0.3, -0.25) is 19.5 Å². The van der Waals surface area contributed by atoms with E-state index < -0.39 is 23.5 Å². The van der Waals surface area contributed by atoms with E-state index in [2.05, 4.69) is 10.3 Å². The van der Waals surface area contributed by atoms with Gasteiger partial charge in [0, 0.05) is 12.8 Å². The molecule has 2 fully saturated rings. The van der Waals surface area contributed by atoms with Crippen molar-refractivity contribution >= 4 is 41.0 Å². The molecule has 2 aliphatic rings. The summed E-state index contributed by atoms with van der Waals surface area (Å²) in [6.07, 6.45) is 3.29. The second-order valence-corrected chi connectivity index (χ2v) is 5.96. The average Bonchev–Trinajstić information content (AvgIpc) is 3.05. The average molecular weight is 349 g/mol. The maximum absolute atomic E-state index is 13.1. The van der Waals surface area contributed by atoms with Crippen LogP contribution in [0.15, 0.2) is 29.3 Å². The third kappa shape index (κ3) is 3.49. The standard InChI is InChI=1S/C16H16FN3O3S/c17-10-3-5-11(6-4-10)20-15(22)13(14(21)19-16(20)24)9-18-8-12-2-1-7-23-12/h3-6,9,12-13H,1-2,7-8H2,(H,19,21,24)/t12-,13-/m1/s1. The van der Waals surface area contributed by atoms with Crippen molar-refractivity contribution in [1.29, 1.82) is 0 Å². The molecular formula is C16H16FN3O3S. The van der Waals surface area contributed by atoms with Gasteiger partial charge in [0.05, 0.1) is 18.3 Å². The van der Waals surface area contributed by atoms with E-state index in [4.69, 9.17) is 17.0 Å². The highest BCUT2D eigenvalue weighted by Gasteiger charge is 2.38. The van der Waals surface area contributed by atoms with Crippen molar-refractivity contribution in [3.8, 4) is 0 Å². The number of rotatable bonds is 4. The Morgan fingerprint density at radius 2 is 2.12 bits per heavy atom. The van der Waals surface area contributed by atoms with Crippen LogP contribution >= 0.6 is 12.2 Å². The number of nitrogens with zero attached hydrogens (tertiary/aromatic N) is 2. The lowest BCUT2D eigenvalue weighted by Gasteiger charge is -2.30. The fourth-order valence-electron chi connectivity index (χ4n) is 2.63. The molecule has 2 amide bonds. The Balaban J connectivity index is 1.75. The van der Waals surface area contributed by atoms with Gasteiger partial charge in [0.25, 0.3) is 5.91 Å². The number of benzene rings is 1. The summed E-state index contributed by atoms with van der Waals surface area (Å²) >= 11 is 5.06. The van der Waals surface area contributed by atoms with Crippen LogP contribution in [0.2, 0.25) is 0 Å². The fourth-order valence-corrected chi connectivity index (χ4v) is 2.92. The molecule has 2 atom stereocenters. The van der Waals surface area contributed by atoms with Crippen molar-refractivity contribution in [1.82, 2.24) is 5.32 Å². The molecule has 0 aliphatic carbocycles. The van der Waals surface area contributed by atoms with Gasteiger partial charge >= 0.3 is 0 Å². The summed E-state index contributed by atoms with van der Waals surface area (Å²) in [5.41, 5.74) is 0.393. The Morgan fingerprint density at radius 1 is 1.38 bits per heavy atom. The molecule has 6 nitrogen and oxygen atoms in total. The summed E-state index contributed by atoms with van der Waals surface area (Å²) in [6, 6.07) is 5.31. The number of hydrogen-bond donors (Lipinski definition) is 1. The van der Waals surface area contributed by atoms with E-state index in [1.165, 1.54) is 35.4 Å². The third-order valence-electron chi connectivity index (χ3n) is 3.87. The molecular weight excluding hydrogens is 333 g/mol. The molecule has 0 unspecified atom stereocenters. The highest BCUT2D eigenvalue weighted by atomic mass is 32.1. The quantitative estimate of drug-likeness (QED) is 0.507. The molecule has 2 saturated heterocycles. The molecule has 0 radical (unpaired) electrons. The van der Waals surface area contributed by atoms with Gasteiger partial charge in [-0.15, -0.1) is 0 Å². The molecule has 8 heteroatoms. The van der Waals surface area contributed by atoms with Gasteiger partial charge in [0.15, 0.2) is 11.0 Å². The number of thiocarbonyl (C=S) groups is 1. The number of nitrogens with one attached hydrogen (secondary N) is 1. The van der Waals surface area contributed by atoms with Crippen molar-refractivity contribution in [2.45, 2.75) is 18.9 Å². The van der Waals surface area contributed by atoms with E-state index in [1.54, 1.807) is 0 Å². The van der Waals surface area contributed by atoms with E-state index in [0.717, 1.165) is 19.4 Å². The number of hydrogen-bond acceptors (Lipinski definition) is 5. The van der Waals surface area contributed by atoms with Gasteiger partial charge in [-0.2, -0.15) is 0 Å². The van der Waals surface area contributed by atoms with Crippen LogP contribution < -0.4 is 10.2 Å². The van der Waals surface area contributed by atoms with Gasteiger partial charge in [0.1, 0.15) is 5.82 Å². The van der Waals surface area contributed by atoms with Gasteiger partial charge in [-0.1, -0.05) is 0 Å². The van der Waals surface area contributed by atoms with E-state index in [-0.39, 0.29) is 11.2 Å². The molecule has 0 saturated carbocycles. The second-order valence-electron chi connectivity index (χ2n) is 5.57. The van der Waals surface area contributed by atoms with Crippen LogP contribution in [-0.4, -0.2) is 42.4 Å². The Bertz CT molecular complexity index is 686. The number of anilines is 1. The van der Waals surface area contributed by atoms with Crippen LogP contribution in [0.4, 0.5) is 10.1 Å². The first-order valence-corrected chi connectivity index (χ1v) is 8.03. The Morgan fingerprint density at radius 3 is 2.79 bits per heavy atom. The minimum Gasteiger partial charge on any atom is -0.376 e. The summed E-state index contributed by atoms with van der Waals surface area (Å²) < 4.78 is 18.5. The number of carbonyl (C=O) groups is 2. The zero-order valence-electron chi connectivity index (χ0n) is 12.8. The molecule has 0 aromatic heterocycles. The van der Waals surface area contributed by atoms with Crippen molar-refractivity contribution in [2.75, 3.05) is 18.1 Å². The zero-order valence-corrected chi connectivity index (χ0v) is 13.6. The van der Waals surface area contributed by atoms with E-state index in [9.17, 15) is 14.0 Å². The van der Waals surface area contributed by atoms with Crippen LogP contribution in [0.25, 0.3) is 0 Å². The topological polar surface area (TPSA) is 71.0 Å². The highest BCUT2D eigenvalue weighted by molar-refractivity contribution is 7.80. The molecule has 0 spiro atoms. The first-order valence-electron chi connectivity index (χ1n) is 7.62. The SMILES string of the molecule is O=C1NC(=S)N(c2ccc(F)cc2)C(=O)[C@@H]1C=NC[C@H]1CCCO1. The first-order chi connectivity index (χ1) is 11.6. The number of aliphatic imine (C=N–C) groups is 1. The fraction of sp³-hybridized carbons (Fsp3) is 0.375. The number of amides is 2. The van der Waals surface area contributed by atoms with E-state index >= 15 is 0 Å². The molecule has 3 rings (SSSR count). The monoisotopic (exact) mass is 349 g/mol. The molecule has 126 valence electrons. The maximum Gasteiger partial charge on any atom is 0.251 e. The van der Waals surface area contributed by atoms with Crippen molar-refractivity contribution in [3.05, 3.63) is 30.1 Å². The van der Waals surface area contributed by atoms with Crippen LogP contribution in [0.5, 0.6) is 0 Å². The molecule has 1 aromatic rings. The molecule has 2 aliphatic heterocycles. The summed E-state index contributed by atoms with van der Waals surface area (Å²) in [7, 11) is 0. The molecule has 24 heavy (non-hydrogen) atoms. The predicted octanol–water partition coefficient (Wildman–Crippen LogP) is 1.44. The van der Waals surface area contributed by atoms with Crippen LogP contribution in [0, 0.1) is 11.7 Å². The number of carbonyl (C=O) groups excluding carboxylic acids is 2. The van der Waals surface area contributed by atoms with Gasteiger partial charge in [0.2, 0.25) is 5.91 Å². The van der Waals surface area contributed by atoms with Crippen LogP contribution in [-0.2, 0) is 14.3 Å². The predicted molar refractivity (Wildman–Crippen MR) is 90.4 cm³/mol. The summed E-state index contributed by atoms with van der Waals surface area (Å²) in [5, 5.41) is 2.46. The minimum absolute atomic E-state index is 0.0274. The molecule has 1 N–H and O–H groups in total. The number of halogens is 1. The lowest BCUT2D eigenvalue weighted by Crippen LogP contribution is -2.58. The minimum atomic E-state index is -1.07. The van der Waals surface area contributed by atoms with Crippen LogP contribution in [0.1, 0.15) is 12.8 Å². The second kappa shape index (κ2) is 7.14. The van der Waals surface area contributed by atoms with Gasteiger partial charge in [-0.25, -0.2) is 4.39 Å². The van der Waals surface area contributed by atoms with Crippen molar-refractivity contribution in [2.24, 2.45) is 10.9 Å². The van der Waals surface area contributed by atoms with Crippen molar-refractivity contribution < 1.29 is 18.7 Å². The normalized spacial score (nSPS) is 24.7. The molecule has 0 bridgehead atoms. The highest BCUT2D eigenvalue weighted by Crippen LogP contribution is 2.21. The maximum atomic E-state index is 13.1. The number of ether oxygens (including phenoxy) is 1. The molecule has 2 heterocycles. The zero-order chi connectivity index (χ0) is 17.1. The molecule has 1 aromatic carbocycles. The third-order valence-corrected chi connectivity index (χ3v) is 4.16. The van der Waals surface area contributed by atoms with E-state index in [1.807, 2.05) is 0 Å². The lowest BCUT2D eigenvalue weighted by atomic mass is 10.1. The Kier molecular flexibility index (Phi) is 4.96. The lowest BCUT2D eigenvalue weighted by molar-refractivity contribution is -0.130. The first kappa shape index (κ1) is 16.7. The Hall–Kier alpha value is -2.19. The summed E-state index contributed by atoms with van der Waals surface area (Å²) in [4.78, 5) is 30.0. The Labute approximate surface area is 143 Å². The smallest absolute Gasteiger partial charge is 0.251 e. The van der Waals surface area contributed by atoms with Gasteiger partial charge in [-0.05, 0) is 49.3 Å². The van der Waals surface area contributed by atoms with Gasteiger partial charge < -0.3 is 10.1 Å². The van der Waals surface area contributed by atoms with Crippen LogP contribution in [0.3, 0.4) is 0 Å². The largest absolute Gasteiger partial charge is 0.376 e.